The molecular weight excluding hydrogens is 416 g/mol. The fraction of sp³-hybridized carbons (Fsp3) is 0.0952. The van der Waals surface area contributed by atoms with E-state index < -0.39 is 16.1 Å². The zero-order chi connectivity index (χ0) is 21.8. The van der Waals surface area contributed by atoms with Crippen molar-refractivity contribution in [2.24, 2.45) is 15.3 Å². The van der Waals surface area contributed by atoms with Crippen molar-refractivity contribution >= 4 is 38.8 Å². The number of anilines is 2. The van der Waals surface area contributed by atoms with Gasteiger partial charge in [-0.3, -0.25) is 9.52 Å². The van der Waals surface area contributed by atoms with Crippen molar-refractivity contribution < 1.29 is 13.2 Å². The van der Waals surface area contributed by atoms with E-state index in [2.05, 4.69) is 25.0 Å². The van der Waals surface area contributed by atoms with E-state index in [0.717, 1.165) is 0 Å². The van der Waals surface area contributed by atoms with Crippen molar-refractivity contribution in [2.75, 3.05) is 9.73 Å². The molecule has 2 heterocycles. The molecule has 0 saturated carbocycles. The molecule has 156 valence electrons. The molecule has 3 aromatic rings. The lowest BCUT2D eigenvalue weighted by molar-refractivity contribution is -0.117. The Kier molecular flexibility index (Phi) is 5.54. The zero-order valence-electron chi connectivity index (χ0n) is 16.5. The molecule has 10 heteroatoms. The second kappa shape index (κ2) is 8.44. The highest BCUT2D eigenvalue weighted by atomic mass is 32.2. The predicted octanol–water partition coefficient (Wildman–Crippen LogP) is 3.76. The van der Waals surface area contributed by atoms with Crippen LogP contribution in [0, 0.1) is 0 Å². The normalized spacial score (nSPS) is 16.5. The van der Waals surface area contributed by atoms with E-state index in [-0.39, 0.29) is 16.6 Å². The molecule has 9 nitrogen and oxygen atoms in total. The monoisotopic (exact) mass is 434 g/mol. The van der Waals surface area contributed by atoms with Gasteiger partial charge in [0.15, 0.2) is 6.04 Å². The fourth-order valence-electron chi connectivity index (χ4n) is 2.88. The highest BCUT2D eigenvalue weighted by Gasteiger charge is 2.34. The number of hydrogen-bond acceptors (Lipinski definition) is 7. The second-order valence-corrected chi connectivity index (χ2v) is 8.34. The molecule has 1 aliphatic rings. The smallest absolute Gasteiger partial charge is 0.269 e. The molecule has 1 amide bonds. The van der Waals surface area contributed by atoms with Crippen LogP contribution in [-0.4, -0.2) is 31.1 Å². The van der Waals surface area contributed by atoms with Gasteiger partial charge < -0.3 is 0 Å². The molecule has 1 aliphatic heterocycles. The summed E-state index contributed by atoms with van der Waals surface area (Å²) in [6.45, 7) is 1.71. The van der Waals surface area contributed by atoms with Gasteiger partial charge in [-0.1, -0.05) is 24.3 Å². The second-order valence-electron chi connectivity index (χ2n) is 6.66. The van der Waals surface area contributed by atoms with Gasteiger partial charge in [-0.25, -0.2) is 13.4 Å². The first kappa shape index (κ1) is 20.4. The van der Waals surface area contributed by atoms with Gasteiger partial charge in [0.05, 0.1) is 22.0 Å². The van der Waals surface area contributed by atoms with Crippen LogP contribution in [0.1, 0.15) is 6.92 Å². The van der Waals surface area contributed by atoms with Crippen LogP contribution in [0.15, 0.2) is 99.2 Å². The number of azo groups is 1. The van der Waals surface area contributed by atoms with Gasteiger partial charge in [0.1, 0.15) is 5.82 Å². The molecule has 1 atom stereocenters. The topological polar surface area (TPSA) is 116 Å². The summed E-state index contributed by atoms with van der Waals surface area (Å²) in [4.78, 5) is 16.7. The van der Waals surface area contributed by atoms with Crippen molar-refractivity contribution in [1.29, 1.82) is 0 Å². The molecule has 0 fully saturated rings. The number of amides is 1. The maximum atomic E-state index is 12.7. The van der Waals surface area contributed by atoms with Crippen LogP contribution < -0.4 is 9.73 Å². The number of carbonyl (C=O) groups is 1. The summed E-state index contributed by atoms with van der Waals surface area (Å²) in [7, 11) is -3.78. The van der Waals surface area contributed by atoms with Crippen LogP contribution in [0.4, 0.5) is 17.2 Å². The summed E-state index contributed by atoms with van der Waals surface area (Å²) in [5, 5.41) is 13.8. The highest BCUT2D eigenvalue weighted by molar-refractivity contribution is 7.92. The lowest BCUT2D eigenvalue weighted by atomic mass is 10.2. The predicted molar refractivity (Wildman–Crippen MR) is 117 cm³/mol. The molecule has 0 bridgehead atoms. The Morgan fingerprint density at radius 1 is 0.968 bits per heavy atom. The molecule has 0 spiro atoms. The van der Waals surface area contributed by atoms with Gasteiger partial charge in [-0.05, 0) is 55.5 Å². The number of aromatic nitrogens is 1. The Labute approximate surface area is 179 Å². The van der Waals surface area contributed by atoms with E-state index in [1.54, 1.807) is 37.3 Å². The van der Waals surface area contributed by atoms with Gasteiger partial charge in [-0.2, -0.15) is 20.3 Å². The summed E-state index contributed by atoms with van der Waals surface area (Å²) in [6.07, 6.45) is 1.50. The standard InChI is InChI=1S/C21H18N6O3S/c1-15-20(21(28)27(25-15)17-7-3-2-4-8-17)24-23-16-10-12-18(13-11-16)31(29,30)26-19-9-5-6-14-22-19/h2-14,20H,1H3,(H,22,26)/t20-/m0/s1. The number of benzene rings is 2. The van der Waals surface area contributed by atoms with E-state index >= 15 is 0 Å². The van der Waals surface area contributed by atoms with Gasteiger partial charge in [0.25, 0.3) is 15.9 Å². The van der Waals surface area contributed by atoms with Crippen LogP contribution >= 0.6 is 0 Å². The third-order valence-electron chi connectivity index (χ3n) is 4.44. The first-order chi connectivity index (χ1) is 14.9. The van der Waals surface area contributed by atoms with Crippen LogP contribution in [0.3, 0.4) is 0 Å². The molecule has 2 aromatic carbocycles. The average Bonchev–Trinajstić information content (AvgIpc) is 3.07. The summed E-state index contributed by atoms with van der Waals surface area (Å²) < 4.78 is 27.3. The summed E-state index contributed by atoms with van der Waals surface area (Å²) >= 11 is 0. The minimum atomic E-state index is -3.78. The molecule has 0 unspecified atom stereocenters. The first-order valence-corrected chi connectivity index (χ1v) is 10.8. The maximum Gasteiger partial charge on any atom is 0.280 e. The van der Waals surface area contributed by atoms with Crippen LogP contribution in [0.25, 0.3) is 0 Å². The Morgan fingerprint density at radius 3 is 2.35 bits per heavy atom. The number of carbonyl (C=O) groups excluding carboxylic acids is 1. The SMILES string of the molecule is CC1=NN(c2ccccc2)C(=O)[C@H]1N=Nc1ccc(S(=O)(=O)Nc2ccccn2)cc1. The number of pyridine rings is 1. The van der Waals surface area contributed by atoms with Crippen LogP contribution in [0.5, 0.6) is 0 Å². The molecule has 1 N–H and O–H groups in total. The quantitative estimate of drug-likeness (QED) is 0.595. The molecule has 1 aromatic heterocycles. The molecular formula is C21H18N6O3S. The third kappa shape index (κ3) is 4.48. The number of nitrogens with one attached hydrogen (secondary N) is 1. The van der Waals surface area contributed by atoms with Crippen molar-refractivity contribution in [1.82, 2.24) is 4.98 Å². The number of hydrazone groups is 1. The fourth-order valence-corrected chi connectivity index (χ4v) is 3.89. The van der Waals surface area contributed by atoms with E-state index in [4.69, 9.17) is 0 Å². The van der Waals surface area contributed by atoms with Crippen LogP contribution in [-0.2, 0) is 14.8 Å². The van der Waals surface area contributed by atoms with E-state index in [1.165, 1.54) is 35.5 Å². The van der Waals surface area contributed by atoms with Gasteiger partial charge in [0.2, 0.25) is 0 Å². The average molecular weight is 434 g/mol. The van der Waals surface area contributed by atoms with Crippen molar-refractivity contribution in [2.45, 2.75) is 17.9 Å². The maximum absolute atomic E-state index is 12.7. The third-order valence-corrected chi connectivity index (χ3v) is 5.81. The Morgan fingerprint density at radius 2 is 1.68 bits per heavy atom. The van der Waals surface area contributed by atoms with E-state index in [9.17, 15) is 13.2 Å². The minimum absolute atomic E-state index is 0.0574. The zero-order valence-corrected chi connectivity index (χ0v) is 17.3. The van der Waals surface area contributed by atoms with Crippen molar-refractivity contribution in [3.05, 3.63) is 79.0 Å². The molecule has 4 rings (SSSR count). The number of para-hydroxylation sites is 1. The molecule has 0 aliphatic carbocycles. The summed E-state index contributed by atoms with van der Waals surface area (Å²) in [6, 6.07) is 19.0. The number of hydrogen-bond donors (Lipinski definition) is 1. The Hall–Kier alpha value is -3.92. The van der Waals surface area contributed by atoms with E-state index in [1.807, 2.05) is 18.2 Å². The summed E-state index contributed by atoms with van der Waals surface area (Å²) in [5.41, 5.74) is 1.59. The Balaban J connectivity index is 1.47. The summed E-state index contributed by atoms with van der Waals surface area (Å²) in [5.74, 6) is -0.0741. The van der Waals surface area contributed by atoms with Gasteiger partial charge in [-0.15, -0.1) is 0 Å². The molecule has 0 radical (unpaired) electrons. The van der Waals surface area contributed by atoms with Gasteiger partial charge in [0, 0.05) is 6.20 Å². The largest absolute Gasteiger partial charge is 0.280 e. The van der Waals surface area contributed by atoms with Crippen LogP contribution in [0.2, 0.25) is 0 Å². The number of sulfonamides is 1. The minimum Gasteiger partial charge on any atom is -0.269 e. The van der Waals surface area contributed by atoms with Crippen molar-refractivity contribution in [3.8, 4) is 0 Å². The first-order valence-electron chi connectivity index (χ1n) is 9.33. The van der Waals surface area contributed by atoms with Crippen molar-refractivity contribution in [3.63, 3.8) is 0 Å². The highest BCUT2D eigenvalue weighted by Crippen LogP contribution is 2.24. The number of rotatable bonds is 6. The lowest BCUT2D eigenvalue weighted by Gasteiger charge is -2.11. The lowest BCUT2D eigenvalue weighted by Crippen LogP contribution is -2.29. The Bertz CT molecular complexity index is 1240. The molecule has 31 heavy (non-hydrogen) atoms. The number of nitrogens with zero attached hydrogens (tertiary/aromatic N) is 5. The van der Waals surface area contributed by atoms with E-state index in [0.29, 0.717) is 17.1 Å². The molecule has 0 saturated heterocycles. The van der Waals surface area contributed by atoms with Gasteiger partial charge >= 0.3 is 0 Å².